The van der Waals surface area contributed by atoms with E-state index in [1.165, 1.54) is 19.2 Å². The molecule has 0 bridgehead atoms. The summed E-state index contributed by atoms with van der Waals surface area (Å²) >= 11 is 0.913. The standard InChI is InChI=1S/C9H7NO3S/c1-13-8-3-2-6(14-5-10)4-7(8)9(11)12/h2-4H,1H3,(H,11,12). The zero-order valence-electron chi connectivity index (χ0n) is 7.35. The molecule has 1 N–H and O–H groups in total. The number of benzene rings is 1. The molecule has 0 aromatic heterocycles. The summed E-state index contributed by atoms with van der Waals surface area (Å²) in [4.78, 5) is 11.4. The maximum Gasteiger partial charge on any atom is 0.339 e. The fourth-order valence-electron chi connectivity index (χ4n) is 0.970. The predicted molar refractivity (Wildman–Crippen MR) is 51.4 cm³/mol. The number of thiocyanates is 1. The summed E-state index contributed by atoms with van der Waals surface area (Å²) < 4.78 is 4.87. The van der Waals surface area contributed by atoms with E-state index in [1.54, 1.807) is 6.07 Å². The summed E-state index contributed by atoms with van der Waals surface area (Å²) in [7, 11) is 1.40. The van der Waals surface area contributed by atoms with E-state index < -0.39 is 5.97 Å². The van der Waals surface area contributed by atoms with Crippen molar-refractivity contribution >= 4 is 17.7 Å². The number of carbonyl (C=O) groups is 1. The van der Waals surface area contributed by atoms with Gasteiger partial charge in [0.05, 0.1) is 7.11 Å². The number of hydrogen-bond donors (Lipinski definition) is 1. The summed E-state index contributed by atoms with van der Waals surface area (Å²) in [5.41, 5.74) is 0.0627. The molecule has 4 nitrogen and oxygen atoms in total. The van der Waals surface area contributed by atoms with Crippen LogP contribution in [0.5, 0.6) is 5.75 Å². The third kappa shape index (κ3) is 2.18. The zero-order chi connectivity index (χ0) is 10.6. The van der Waals surface area contributed by atoms with Gasteiger partial charge in [-0.15, -0.1) is 0 Å². The Morgan fingerprint density at radius 1 is 1.64 bits per heavy atom. The second-order valence-electron chi connectivity index (χ2n) is 2.36. The van der Waals surface area contributed by atoms with Gasteiger partial charge in [-0.1, -0.05) is 0 Å². The second kappa shape index (κ2) is 4.53. The number of nitrogens with zero attached hydrogens (tertiary/aromatic N) is 1. The van der Waals surface area contributed by atoms with Gasteiger partial charge in [0.1, 0.15) is 16.7 Å². The number of carboxylic acid groups (broad SMARTS) is 1. The van der Waals surface area contributed by atoms with E-state index in [0.717, 1.165) is 11.8 Å². The first-order valence-corrected chi connectivity index (χ1v) is 4.48. The minimum atomic E-state index is -1.07. The highest BCUT2D eigenvalue weighted by atomic mass is 32.2. The number of rotatable bonds is 3. The van der Waals surface area contributed by atoms with Crippen molar-refractivity contribution in [2.45, 2.75) is 4.90 Å². The van der Waals surface area contributed by atoms with Gasteiger partial charge in [0.15, 0.2) is 0 Å². The molecule has 14 heavy (non-hydrogen) atoms. The minimum absolute atomic E-state index is 0.0627. The number of methoxy groups -OCH3 is 1. The number of hydrogen-bond acceptors (Lipinski definition) is 4. The van der Waals surface area contributed by atoms with Gasteiger partial charge in [0.2, 0.25) is 0 Å². The van der Waals surface area contributed by atoms with Crippen LogP contribution in [0.15, 0.2) is 23.1 Å². The molecule has 0 amide bonds. The van der Waals surface area contributed by atoms with Gasteiger partial charge < -0.3 is 9.84 Å². The van der Waals surface area contributed by atoms with Crippen LogP contribution in [0, 0.1) is 10.7 Å². The smallest absolute Gasteiger partial charge is 0.339 e. The third-order valence-corrected chi connectivity index (χ3v) is 2.15. The fourth-order valence-corrected chi connectivity index (χ4v) is 1.39. The van der Waals surface area contributed by atoms with Gasteiger partial charge >= 0.3 is 5.97 Å². The third-order valence-electron chi connectivity index (χ3n) is 1.56. The molecule has 0 unspecified atom stereocenters. The molecule has 0 aliphatic heterocycles. The Morgan fingerprint density at radius 2 is 2.36 bits per heavy atom. The highest BCUT2D eigenvalue weighted by Gasteiger charge is 2.11. The van der Waals surface area contributed by atoms with Crippen LogP contribution in [0.2, 0.25) is 0 Å². The summed E-state index contributed by atoms with van der Waals surface area (Å²) in [6.45, 7) is 0. The molecular weight excluding hydrogens is 202 g/mol. The van der Waals surface area contributed by atoms with Crippen molar-refractivity contribution in [1.29, 1.82) is 5.26 Å². The maximum absolute atomic E-state index is 10.8. The van der Waals surface area contributed by atoms with E-state index >= 15 is 0 Å². The normalized spacial score (nSPS) is 9.14. The topological polar surface area (TPSA) is 70.3 Å². The van der Waals surface area contributed by atoms with E-state index in [2.05, 4.69) is 0 Å². The van der Waals surface area contributed by atoms with Gasteiger partial charge in [-0.2, -0.15) is 5.26 Å². The van der Waals surface area contributed by atoms with Crippen LogP contribution in [0.3, 0.4) is 0 Å². The number of carboxylic acids is 1. The van der Waals surface area contributed by atoms with Crippen molar-refractivity contribution in [1.82, 2.24) is 0 Å². The van der Waals surface area contributed by atoms with E-state index in [0.29, 0.717) is 10.6 Å². The van der Waals surface area contributed by atoms with Gasteiger partial charge in [-0.05, 0) is 30.0 Å². The molecule has 0 atom stereocenters. The number of aromatic carboxylic acids is 1. The van der Waals surface area contributed by atoms with Gasteiger partial charge in [-0.3, -0.25) is 0 Å². The average molecular weight is 209 g/mol. The molecule has 0 radical (unpaired) electrons. The number of ether oxygens (including phenoxy) is 1. The lowest BCUT2D eigenvalue weighted by atomic mass is 10.2. The van der Waals surface area contributed by atoms with Gasteiger partial charge in [0, 0.05) is 4.90 Å². The Hall–Kier alpha value is -1.67. The quantitative estimate of drug-likeness (QED) is 0.608. The molecule has 1 rings (SSSR count). The van der Waals surface area contributed by atoms with Crippen molar-refractivity contribution < 1.29 is 14.6 Å². The average Bonchev–Trinajstić information content (AvgIpc) is 2.18. The summed E-state index contributed by atoms with van der Waals surface area (Å²) in [5, 5.41) is 19.1. The number of nitriles is 1. The molecule has 5 heteroatoms. The molecule has 0 aliphatic carbocycles. The van der Waals surface area contributed by atoms with Gasteiger partial charge in [-0.25, -0.2) is 4.79 Å². The maximum atomic E-state index is 10.8. The van der Waals surface area contributed by atoms with Crippen LogP contribution >= 0.6 is 11.8 Å². The number of thioether (sulfide) groups is 1. The molecule has 0 saturated carbocycles. The summed E-state index contributed by atoms with van der Waals surface area (Å²) in [5.74, 6) is -0.776. The van der Waals surface area contributed by atoms with Crippen molar-refractivity contribution in [3.8, 4) is 11.2 Å². The van der Waals surface area contributed by atoms with Crippen molar-refractivity contribution in [2.75, 3.05) is 7.11 Å². The van der Waals surface area contributed by atoms with E-state index in [-0.39, 0.29) is 5.56 Å². The Kier molecular flexibility index (Phi) is 3.37. The molecule has 0 spiro atoms. The SMILES string of the molecule is COc1ccc(SC#N)cc1C(=O)O. The Balaban J connectivity index is 3.15. The lowest BCUT2D eigenvalue weighted by Gasteiger charge is -2.04. The molecule has 1 aromatic rings. The van der Waals surface area contributed by atoms with Crippen LogP contribution < -0.4 is 4.74 Å². The zero-order valence-corrected chi connectivity index (χ0v) is 8.17. The molecule has 0 fully saturated rings. The minimum Gasteiger partial charge on any atom is -0.496 e. The second-order valence-corrected chi connectivity index (χ2v) is 3.22. The molecule has 0 aliphatic rings. The van der Waals surface area contributed by atoms with Crippen LogP contribution in [0.25, 0.3) is 0 Å². The van der Waals surface area contributed by atoms with Crippen LogP contribution in [-0.2, 0) is 0 Å². The Labute approximate surface area is 85.1 Å². The summed E-state index contributed by atoms with van der Waals surface area (Å²) in [6, 6.07) is 4.58. The Bertz CT molecular complexity index is 398. The van der Waals surface area contributed by atoms with Gasteiger partial charge in [0.25, 0.3) is 0 Å². The molecule has 0 heterocycles. The lowest BCUT2D eigenvalue weighted by Crippen LogP contribution is -2.00. The fraction of sp³-hybridized carbons (Fsp3) is 0.111. The van der Waals surface area contributed by atoms with Crippen LogP contribution in [0.1, 0.15) is 10.4 Å². The van der Waals surface area contributed by atoms with Crippen molar-refractivity contribution in [2.24, 2.45) is 0 Å². The van der Waals surface area contributed by atoms with Crippen LogP contribution in [0.4, 0.5) is 0 Å². The Morgan fingerprint density at radius 3 is 2.86 bits per heavy atom. The first kappa shape index (κ1) is 10.4. The largest absolute Gasteiger partial charge is 0.496 e. The van der Waals surface area contributed by atoms with E-state index in [1.807, 2.05) is 5.40 Å². The monoisotopic (exact) mass is 209 g/mol. The van der Waals surface area contributed by atoms with E-state index in [4.69, 9.17) is 15.1 Å². The first-order chi connectivity index (χ1) is 6.69. The highest BCUT2D eigenvalue weighted by Crippen LogP contribution is 2.25. The molecule has 1 aromatic carbocycles. The van der Waals surface area contributed by atoms with Crippen molar-refractivity contribution in [3.63, 3.8) is 0 Å². The van der Waals surface area contributed by atoms with Crippen LogP contribution in [-0.4, -0.2) is 18.2 Å². The first-order valence-electron chi connectivity index (χ1n) is 3.66. The predicted octanol–water partition coefficient (Wildman–Crippen LogP) is 1.97. The summed E-state index contributed by atoms with van der Waals surface area (Å²) in [6.07, 6.45) is 0. The molecular formula is C9H7NO3S. The van der Waals surface area contributed by atoms with E-state index in [9.17, 15) is 4.79 Å². The lowest BCUT2D eigenvalue weighted by molar-refractivity contribution is 0.0693. The molecule has 0 saturated heterocycles. The van der Waals surface area contributed by atoms with Crippen molar-refractivity contribution in [3.05, 3.63) is 23.8 Å². The molecule has 72 valence electrons. The highest BCUT2D eigenvalue weighted by molar-refractivity contribution is 8.03.